The first-order valence-corrected chi connectivity index (χ1v) is 8.58. The highest BCUT2D eigenvalue weighted by molar-refractivity contribution is 5.96. The van der Waals surface area contributed by atoms with Crippen molar-refractivity contribution in [1.82, 2.24) is 10.6 Å². The van der Waals surface area contributed by atoms with Crippen molar-refractivity contribution in [3.05, 3.63) is 65.2 Å². The van der Waals surface area contributed by atoms with Gasteiger partial charge in [-0.25, -0.2) is 0 Å². The van der Waals surface area contributed by atoms with Crippen molar-refractivity contribution in [3.63, 3.8) is 0 Å². The molecular formula is C20H24N2O3. The van der Waals surface area contributed by atoms with Gasteiger partial charge in [0.25, 0.3) is 5.91 Å². The number of benzene rings is 2. The Kier molecular flexibility index (Phi) is 5.68. The van der Waals surface area contributed by atoms with E-state index in [1.807, 2.05) is 43.3 Å². The number of β-amino-alcohol motifs (C(OH)–C–C–N with tert-alkyl or cyclic N) is 1. The summed E-state index contributed by atoms with van der Waals surface area (Å²) >= 11 is 0. The van der Waals surface area contributed by atoms with E-state index in [1.54, 1.807) is 12.1 Å². The van der Waals surface area contributed by atoms with Gasteiger partial charge in [-0.1, -0.05) is 36.4 Å². The van der Waals surface area contributed by atoms with E-state index in [1.165, 1.54) is 0 Å². The standard InChI is InChI=1S/C20H24N2O3/c1-14-6-2-3-7-15(14)13-25-19-9-5-4-8-17(19)20(24)22-11-16-10-21-12-18(16)23/h2-9,16,18,21,23H,10-13H2,1H3,(H,22,24). The number of hydrogen-bond donors (Lipinski definition) is 3. The van der Waals surface area contributed by atoms with Crippen molar-refractivity contribution in [1.29, 1.82) is 0 Å². The maximum Gasteiger partial charge on any atom is 0.255 e. The molecule has 0 aliphatic carbocycles. The minimum Gasteiger partial charge on any atom is -0.488 e. The summed E-state index contributed by atoms with van der Waals surface area (Å²) in [5, 5.41) is 15.8. The summed E-state index contributed by atoms with van der Waals surface area (Å²) in [6.07, 6.45) is -0.409. The molecule has 1 saturated heterocycles. The Hall–Kier alpha value is -2.37. The molecule has 1 aliphatic rings. The smallest absolute Gasteiger partial charge is 0.255 e. The third kappa shape index (κ3) is 4.38. The second-order valence-electron chi connectivity index (χ2n) is 6.41. The lowest BCUT2D eigenvalue weighted by molar-refractivity contribution is 0.0922. The van der Waals surface area contributed by atoms with Crippen LogP contribution in [-0.2, 0) is 6.61 Å². The number of rotatable bonds is 6. The third-order valence-electron chi connectivity index (χ3n) is 4.61. The highest BCUT2D eigenvalue weighted by Crippen LogP contribution is 2.20. The number of carbonyl (C=O) groups is 1. The Morgan fingerprint density at radius 3 is 2.72 bits per heavy atom. The Bertz CT molecular complexity index is 732. The molecule has 3 rings (SSSR count). The van der Waals surface area contributed by atoms with Crippen LogP contribution in [0.4, 0.5) is 0 Å². The van der Waals surface area contributed by atoms with Gasteiger partial charge in [-0.15, -0.1) is 0 Å². The van der Waals surface area contributed by atoms with Gasteiger partial charge < -0.3 is 20.5 Å². The van der Waals surface area contributed by atoms with Gasteiger partial charge in [-0.3, -0.25) is 4.79 Å². The van der Waals surface area contributed by atoms with Crippen LogP contribution in [0.25, 0.3) is 0 Å². The van der Waals surface area contributed by atoms with Gasteiger partial charge in [0.2, 0.25) is 0 Å². The summed E-state index contributed by atoms with van der Waals surface area (Å²) in [4.78, 5) is 12.5. The van der Waals surface area contributed by atoms with Crippen molar-refractivity contribution >= 4 is 5.91 Å². The Labute approximate surface area is 148 Å². The Balaban J connectivity index is 1.63. The van der Waals surface area contributed by atoms with Crippen molar-refractivity contribution in [2.45, 2.75) is 19.6 Å². The van der Waals surface area contributed by atoms with Crippen molar-refractivity contribution in [3.8, 4) is 5.75 Å². The number of ether oxygens (including phenoxy) is 1. The summed E-state index contributed by atoms with van der Waals surface area (Å²) in [6.45, 7) is 4.20. The lowest BCUT2D eigenvalue weighted by Crippen LogP contribution is -2.34. The zero-order valence-corrected chi connectivity index (χ0v) is 14.4. The maximum atomic E-state index is 12.5. The highest BCUT2D eigenvalue weighted by Gasteiger charge is 2.25. The fourth-order valence-electron chi connectivity index (χ4n) is 2.95. The van der Waals surface area contributed by atoms with Crippen LogP contribution in [0, 0.1) is 12.8 Å². The molecule has 0 bridgehead atoms. The number of hydrogen-bond acceptors (Lipinski definition) is 4. The molecule has 2 atom stereocenters. The Morgan fingerprint density at radius 1 is 1.20 bits per heavy atom. The van der Waals surface area contributed by atoms with Gasteiger partial charge in [0.05, 0.1) is 11.7 Å². The van der Waals surface area contributed by atoms with Crippen LogP contribution in [0.3, 0.4) is 0 Å². The van der Waals surface area contributed by atoms with Crippen molar-refractivity contribution < 1.29 is 14.6 Å². The van der Waals surface area contributed by atoms with E-state index < -0.39 is 6.10 Å². The predicted molar refractivity (Wildman–Crippen MR) is 96.7 cm³/mol. The maximum absolute atomic E-state index is 12.5. The highest BCUT2D eigenvalue weighted by atomic mass is 16.5. The van der Waals surface area contributed by atoms with Crippen LogP contribution in [0.5, 0.6) is 5.75 Å². The molecule has 1 fully saturated rings. The number of carbonyl (C=O) groups excluding carboxylic acids is 1. The fraction of sp³-hybridized carbons (Fsp3) is 0.350. The monoisotopic (exact) mass is 340 g/mol. The van der Waals surface area contributed by atoms with Gasteiger partial charge in [0.1, 0.15) is 12.4 Å². The molecule has 1 heterocycles. The number of aliphatic hydroxyl groups excluding tert-OH is 1. The molecule has 1 aliphatic heterocycles. The molecule has 0 aromatic heterocycles. The van der Waals surface area contributed by atoms with E-state index in [9.17, 15) is 9.90 Å². The van der Waals surface area contributed by atoms with E-state index >= 15 is 0 Å². The lowest BCUT2D eigenvalue weighted by Gasteiger charge is -2.16. The second-order valence-corrected chi connectivity index (χ2v) is 6.41. The van der Waals surface area contributed by atoms with Gasteiger partial charge in [0, 0.05) is 25.6 Å². The van der Waals surface area contributed by atoms with E-state index in [2.05, 4.69) is 10.6 Å². The summed E-state index contributed by atoms with van der Waals surface area (Å²) in [5.74, 6) is 0.428. The second kappa shape index (κ2) is 8.14. The number of para-hydroxylation sites is 1. The number of amides is 1. The predicted octanol–water partition coefficient (Wildman–Crippen LogP) is 1.88. The Morgan fingerprint density at radius 2 is 1.96 bits per heavy atom. The summed E-state index contributed by atoms with van der Waals surface area (Å²) < 4.78 is 5.90. The van der Waals surface area contributed by atoms with Crippen LogP contribution in [-0.4, -0.2) is 36.8 Å². The molecule has 0 spiro atoms. The summed E-state index contributed by atoms with van der Waals surface area (Å²) in [6, 6.07) is 15.3. The van der Waals surface area contributed by atoms with Crippen LogP contribution in [0.2, 0.25) is 0 Å². The largest absolute Gasteiger partial charge is 0.488 e. The normalized spacial score (nSPS) is 19.6. The van der Waals surface area contributed by atoms with Crippen molar-refractivity contribution in [2.24, 2.45) is 5.92 Å². The molecule has 0 saturated carbocycles. The van der Waals surface area contributed by atoms with E-state index in [4.69, 9.17) is 4.74 Å². The van der Waals surface area contributed by atoms with E-state index in [0.717, 1.165) is 11.1 Å². The average Bonchev–Trinajstić information content (AvgIpc) is 3.04. The first kappa shape index (κ1) is 17.5. The molecule has 5 nitrogen and oxygen atoms in total. The average molecular weight is 340 g/mol. The van der Waals surface area contributed by atoms with Crippen molar-refractivity contribution in [2.75, 3.05) is 19.6 Å². The number of aliphatic hydroxyl groups is 1. The summed E-state index contributed by atoms with van der Waals surface area (Å²) in [7, 11) is 0. The van der Waals surface area contributed by atoms with Gasteiger partial charge in [0.15, 0.2) is 0 Å². The quantitative estimate of drug-likeness (QED) is 0.751. The molecule has 3 N–H and O–H groups in total. The minimum atomic E-state index is -0.409. The topological polar surface area (TPSA) is 70.6 Å². The SMILES string of the molecule is Cc1ccccc1COc1ccccc1C(=O)NCC1CNCC1O. The van der Waals surface area contributed by atoms with Crippen LogP contribution in [0.1, 0.15) is 21.5 Å². The zero-order valence-electron chi connectivity index (χ0n) is 14.4. The molecule has 0 radical (unpaired) electrons. The molecule has 2 aromatic carbocycles. The molecule has 1 amide bonds. The van der Waals surface area contributed by atoms with Gasteiger partial charge in [-0.05, 0) is 30.2 Å². The molecular weight excluding hydrogens is 316 g/mol. The lowest BCUT2D eigenvalue weighted by atomic mass is 10.1. The first-order valence-electron chi connectivity index (χ1n) is 8.58. The zero-order chi connectivity index (χ0) is 17.6. The molecule has 2 unspecified atom stereocenters. The molecule has 132 valence electrons. The fourth-order valence-corrected chi connectivity index (χ4v) is 2.95. The third-order valence-corrected chi connectivity index (χ3v) is 4.61. The first-order chi connectivity index (χ1) is 12.1. The molecule has 2 aromatic rings. The molecule has 25 heavy (non-hydrogen) atoms. The van der Waals surface area contributed by atoms with Gasteiger partial charge in [-0.2, -0.15) is 0 Å². The van der Waals surface area contributed by atoms with Crippen LogP contribution >= 0.6 is 0 Å². The number of nitrogens with one attached hydrogen (secondary N) is 2. The minimum absolute atomic E-state index is 0.0454. The van der Waals surface area contributed by atoms with E-state index in [-0.39, 0.29) is 11.8 Å². The van der Waals surface area contributed by atoms with Crippen LogP contribution < -0.4 is 15.4 Å². The van der Waals surface area contributed by atoms with Gasteiger partial charge >= 0.3 is 0 Å². The number of aryl methyl sites for hydroxylation is 1. The molecule has 5 heteroatoms. The summed E-state index contributed by atoms with van der Waals surface area (Å²) in [5.41, 5.74) is 2.77. The van der Waals surface area contributed by atoms with Crippen LogP contribution in [0.15, 0.2) is 48.5 Å². The van der Waals surface area contributed by atoms with E-state index in [0.29, 0.717) is 37.6 Å².